The van der Waals surface area contributed by atoms with Crippen LogP contribution in [0.5, 0.6) is 0 Å². The predicted molar refractivity (Wildman–Crippen MR) is 68.0 cm³/mol. The number of hydrogen-bond donors (Lipinski definition) is 2. The molecule has 0 saturated heterocycles. The molecule has 1 aliphatic rings. The summed E-state index contributed by atoms with van der Waals surface area (Å²) < 4.78 is 0. The second-order valence-electron chi connectivity index (χ2n) is 4.60. The molecule has 0 aliphatic heterocycles. The van der Waals surface area contributed by atoms with Gasteiger partial charge in [-0.15, -0.1) is 0 Å². The number of anilines is 1. The van der Waals surface area contributed by atoms with Crippen LogP contribution in [0.15, 0.2) is 18.2 Å². The van der Waals surface area contributed by atoms with E-state index in [0.717, 1.165) is 31.5 Å². The highest BCUT2D eigenvalue weighted by Crippen LogP contribution is 2.48. The maximum Gasteiger partial charge on any atom is 0.103 e. The molecular formula is C13H15ClN2O. The van der Waals surface area contributed by atoms with Gasteiger partial charge in [-0.3, -0.25) is 0 Å². The van der Waals surface area contributed by atoms with E-state index in [2.05, 4.69) is 11.4 Å². The van der Waals surface area contributed by atoms with E-state index in [1.165, 1.54) is 0 Å². The number of rotatable bonds is 5. The Balaban J connectivity index is 2.05. The number of aliphatic hydroxyl groups is 1. The molecule has 3 nitrogen and oxygen atoms in total. The third-order valence-electron chi connectivity index (χ3n) is 3.38. The quantitative estimate of drug-likeness (QED) is 0.845. The molecule has 0 spiro atoms. The molecule has 2 N–H and O–H groups in total. The van der Waals surface area contributed by atoms with Crippen LogP contribution >= 0.6 is 11.6 Å². The monoisotopic (exact) mass is 250 g/mol. The van der Waals surface area contributed by atoms with Gasteiger partial charge in [-0.05, 0) is 36.8 Å². The zero-order valence-electron chi connectivity index (χ0n) is 9.54. The third kappa shape index (κ3) is 2.71. The summed E-state index contributed by atoms with van der Waals surface area (Å²) in [6.45, 7) is 1.02. The van der Waals surface area contributed by atoms with Crippen LogP contribution in [0.2, 0.25) is 5.02 Å². The SMILES string of the molecule is N#Cc1c(Cl)cccc1NCC1(CCO)CC1. The smallest absolute Gasteiger partial charge is 0.103 e. The summed E-state index contributed by atoms with van der Waals surface area (Å²) in [5.74, 6) is 0. The first-order valence-corrected chi connectivity index (χ1v) is 6.12. The van der Waals surface area contributed by atoms with Crippen molar-refractivity contribution in [1.29, 1.82) is 5.26 Å². The Kier molecular flexibility index (Phi) is 3.56. The fraction of sp³-hybridized carbons (Fsp3) is 0.462. The van der Waals surface area contributed by atoms with Crippen molar-refractivity contribution in [2.75, 3.05) is 18.5 Å². The number of hydrogen-bond acceptors (Lipinski definition) is 3. The van der Waals surface area contributed by atoms with E-state index in [-0.39, 0.29) is 12.0 Å². The summed E-state index contributed by atoms with van der Waals surface area (Å²) >= 11 is 5.95. The Morgan fingerprint density at radius 3 is 2.82 bits per heavy atom. The van der Waals surface area contributed by atoms with Crippen molar-refractivity contribution in [3.8, 4) is 6.07 Å². The molecule has 1 aromatic rings. The summed E-state index contributed by atoms with van der Waals surface area (Å²) in [6.07, 6.45) is 3.11. The Hall–Kier alpha value is -1.24. The lowest BCUT2D eigenvalue weighted by Crippen LogP contribution is -2.17. The number of benzene rings is 1. The van der Waals surface area contributed by atoms with Crippen LogP contribution in [-0.2, 0) is 0 Å². The second-order valence-corrected chi connectivity index (χ2v) is 5.01. The van der Waals surface area contributed by atoms with Crippen LogP contribution < -0.4 is 5.32 Å². The molecule has 0 atom stereocenters. The average molecular weight is 251 g/mol. The van der Waals surface area contributed by atoms with Gasteiger partial charge in [0.1, 0.15) is 6.07 Å². The van der Waals surface area contributed by atoms with Crippen LogP contribution in [-0.4, -0.2) is 18.3 Å². The Morgan fingerprint density at radius 1 is 1.47 bits per heavy atom. The van der Waals surface area contributed by atoms with E-state index in [0.29, 0.717) is 10.6 Å². The first kappa shape index (κ1) is 12.2. The average Bonchev–Trinajstić information content (AvgIpc) is 3.07. The number of nitrogens with one attached hydrogen (secondary N) is 1. The van der Waals surface area contributed by atoms with Crippen LogP contribution in [0.3, 0.4) is 0 Å². The van der Waals surface area contributed by atoms with Crippen molar-refractivity contribution in [2.24, 2.45) is 5.41 Å². The molecule has 1 saturated carbocycles. The molecule has 0 heterocycles. The van der Waals surface area contributed by atoms with Crippen molar-refractivity contribution in [3.05, 3.63) is 28.8 Å². The van der Waals surface area contributed by atoms with Crippen LogP contribution in [0.4, 0.5) is 5.69 Å². The lowest BCUT2D eigenvalue weighted by Gasteiger charge is -2.16. The van der Waals surface area contributed by atoms with Gasteiger partial charge in [0.25, 0.3) is 0 Å². The molecule has 0 aromatic heterocycles. The molecule has 0 unspecified atom stereocenters. The summed E-state index contributed by atoms with van der Waals surface area (Å²) in [6, 6.07) is 7.51. The zero-order valence-corrected chi connectivity index (χ0v) is 10.3. The van der Waals surface area contributed by atoms with Gasteiger partial charge >= 0.3 is 0 Å². The van der Waals surface area contributed by atoms with Gasteiger partial charge in [0.15, 0.2) is 0 Å². The van der Waals surface area contributed by atoms with Crippen LogP contribution in [0.25, 0.3) is 0 Å². The van der Waals surface area contributed by atoms with Crippen molar-refractivity contribution < 1.29 is 5.11 Å². The van der Waals surface area contributed by atoms with Gasteiger partial charge in [-0.25, -0.2) is 0 Å². The highest BCUT2D eigenvalue weighted by atomic mass is 35.5. The minimum Gasteiger partial charge on any atom is -0.396 e. The van der Waals surface area contributed by atoms with Crippen molar-refractivity contribution in [2.45, 2.75) is 19.3 Å². The van der Waals surface area contributed by atoms with E-state index < -0.39 is 0 Å². The van der Waals surface area contributed by atoms with E-state index in [1.807, 2.05) is 12.1 Å². The van der Waals surface area contributed by atoms with Crippen LogP contribution in [0, 0.1) is 16.7 Å². The van der Waals surface area contributed by atoms with Gasteiger partial charge in [-0.2, -0.15) is 5.26 Å². The van der Waals surface area contributed by atoms with Gasteiger partial charge < -0.3 is 10.4 Å². The standard InChI is InChI=1S/C13H15ClN2O/c14-11-2-1-3-12(10(11)8-15)16-9-13(4-5-13)6-7-17/h1-3,16-17H,4-7,9H2. The molecular weight excluding hydrogens is 236 g/mol. The van der Waals surface area contributed by atoms with Crippen LogP contribution in [0.1, 0.15) is 24.8 Å². The van der Waals surface area contributed by atoms with E-state index >= 15 is 0 Å². The normalized spacial score (nSPS) is 16.3. The number of nitriles is 1. The minimum atomic E-state index is 0.225. The molecule has 1 fully saturated rings. The third-order valence-corrected chi connectivity index (χ3v) is 3.69. The molecule has 17 heavy (non-hydrogen) atoms. The molecule has 90 valence electrons. The van der Waals surface area contributed by atoms with Gasteiger partial charge in [0, 0.05) is 13.2 Å². The largest absolute Gasteiger partial charge is 0.396 e. The topological polar surface area (TPSA) is 56.0 Å². The number of halogens is 1. The Labute approximate surface area is 106 Å². The molecule has 1 aliphatic carbocycles. The highest BCUT2D eigenvalue weighted by molar-refractivity contribution is 6.32. The summed E-state index contributed by atoms with van der Waals surface area (Å²) in [5.41, 5.74) is 1.50. The predicted octanol–water partition coefficient (Wildman–Crippen LogP) is 2.79. The summed E-state index contributed by atoms with van der Waals surface area (Å²) in [4.78, 5) is 0. The second kappa shape index (κ2) is 4.95. The van der Waals surface area contributed by atoms with Crippen molar-refractivity contribution >= 4 is 17.3 Å². The first-order chi connectivity index (χ1) is 8.21. The van der Waals surface area contributed by atoms with E-state index in [4.69, 9.17) is 22.0 Å². The molecule has 0 bridgehead atoms. The highest BCUT2D eigenvalue weighted by Gasteiger charge is 2.41. The molecule has 4 heteroatoms. The Bertz CT molecular complexity index is 449. The maximum absolute atomic E-state index is 9.03. The summed E-state index contributed by atoms with van der Waals surface area (Å²) in [7, 11) is 0. The zero-order chi connectivity index (χ0) is 12.3. The maximum atomic E-state index is 9.03. The fourth-order valence-corrected chi connectivity index (χ4v) is 2.21. The molecule has 0 amide bonds. The van der Waals surface area contributed by atoms with E-state index in [9.17, 15) is 0 Å². The fourth-order valence-electron chi connectivity index (χ4n) is 2.00. The van der Waals surface area contributed by atoms with Gasteiger partial charge in [0.05, 0.1) is 16.3 Å². The number of aliphatic hydroxyl groups excluding tert-OH is 1. The van der Waals surface area contributed by atoms with Gasteiger partial charge in [0.2, 0.25) is 0 Å². The lowest BCUT2D eigenvalue weighted by molar-refractivity contribution is 0.253. The lowest BCUT2D eigenvalue weighted by atomic mass is 10.0. The molecule has 2 rings (SSSR count). The Morgan fingerprint density at radius 2 is 2.24 bits per heavy atom. The van der Waals surface area contributed by atoms with Gasteiger partial charge in [-0.1, -0.05) is 17.7 Å². The molecule has 1 aromatic carbocycles. The van der Waals surface area contributed by atoms with E-state index in [1.54, 1.807) is 6.07 Å². The minimum absolute atomic E-state index is 0.225. The summed E-state index contributed by atoms with van der Waals surface area (Å²) in [5, 5.41) is 21.8. The van der Waals surface area contributed by atoms with Crippen molar-refractivity contribution in [3.63, 3.8) is 0 Å². The first-order valence-electron chi connectivity index (χ1n) is 5.74. The molecule has 0 radical (unpaired) electrons. The number of nitrogens with zero attached hydrogens (tertiary/aromatic N) is 1. The van der Waals surface area contributed by atoms with Crippen molar-refractivity contribution in [1.82, 2.24) is 0 Å².